The summed E-state index contributed by atoms with van der Waals surface area (Å²) in [4.78, 5) is 13.7. The van der Waals surface area contributed by atoms with E-state index in [9.17, 15) is 0 Å². The van der Waals surface area contributed by atoms with Gasteiger partial charge in [-0.2, -0.15) is 0 Å². The molecule has 0 atom stereocenters. The van der Waals surface area contributed by atoms with Crippen LogP contribution in [0, 0.1) is 26.0 Å². The van der Waals surface area contributed by atoms with E-state index >= 15 is 0 Å². The van der Waals surface area contributed by atoms with Crippen LogP contribution in [0.5, 0.6) is 0 Å². The molecule has 4 aromatic heterocycles. The van der Waals surface area contributed by atoms with E-state index in [1.807, 2.05) is 68.7 Å². The predicted octanol–water partition coefficient (Wildman–Crippen LogP) is 9.52. The van der Waals surface area contributed by atoms with Crippen LogP contribution in [-0.4, -0.2) is 15.0 Å². The minimum Gasteiger partial charge on any atom is -0.501 e. The van der Waals surface area contributed by atoms with E-state index in [-0.39, 0.29) is 25.5 Å². The van der Waals surface area contributed by atoms with Crippen molar-refractivity contribution in [3.63, 3.8) is 0 Å². The molecule has 0 aliphatic heterocycles. The Hall–Kier alpha value is -3.70. The Morgan fingerprint density at radius 3 is 2.15 bits per heavy atom. The Balaban J connectivity index is 0.000000204. The number of thiazole rings is 1. The van der Waals surface area contributed by atoms with Crippen molar-refractivity contribution in [2.75, 3.05) is 0 Å². The zero-order chi connectivity index (χ0) is 27.9. The summed E-state index contributed by atoms with van der Waals surface area (Å²) >= 11 is 1.76. The Kier molecular flexibility index (Phi) is 8.19. The number of pyridine rings is 2. The summed E-state index contributed by atoms with van der Waals surface area (Å²) in [7, 11) is 0. The molecular formula is C35H29IrN3OS-2. The normalized spacial score (nSPS) is 11.3. The van der Waals surface area contributed by atoms with Crippen molar-refractivity contribution in [1.29, 1.82) is 0 Å². The third kappa shape index (κ3) is 6.01. The van der Waals surface area contributed by atoms with E-state index in [1.54, 1.807) is 11.3 Å². The first kappa shape index (κ1) is 28.8. The van der Waals surface area contributed by atoms with Gasteiger partial charge in [0.05, 0.1) is 20.8 Å². The van der Waals surface area contributed by atoms with Gasteiger partial charge in [-0.05, 0) is 42.4 Å². The van der Waals surface area contributed by atoms with Crippen molar-refractivity contribution in [2.24, 2.45) is 0 Å². The maximum absolute atomic E-state index is 6.26. The molecule has 0 unspecified atom stereocenters. The van der Waals surface area contributed by atoms with E-state index in [1.165, 1.54) is 10.3 Å². The van der Waals surface area contributed by atoms with Gasteiger partial charge in [0.2, 0.25) is 0 Å². The van der Waals surface area contributed by atoms with Gasteiger partial charge < -0.3 is 14.4 Å². The van der Waals surface area contributed by atoms with Crippen molar-refractivity contribution in [3.8, 4) is 22.5 Å². The first-order chi connectivity index (χ1) is 19.3. The zero-order valence-corrected chi connectivity index (χ0v) is 26.8. The van der Waals surface area contributed by atoms with Crippen molar-refractivity contribution >= 4 is 43.5 Å². The Morgan fingerprint density at radius 2 is 1.51 bits per heavy atom. The summed E-state index contributed by atoms with van der Waals surface area (Å²) in [5.74, 6) is 0. The van der Waals surface area contributed by atoms with Crippen molar-refractivity contribution in [1.82, 2.24) is 15.0 Å². The first-order valence-electron chi connectivity index (χ1n) is 13.3. The second-order valence-corrected chi connectivity index (χ2v) is 12.0. The van der Waals surface area contributed by atoms with Crippen LogP contribution in [0.1, 0.15) is 36.9 Å². The molecule has 0 fully saturated rings. The van der Waals surface area contributed by atoms with E-state index in [4.69, 9.17) is 9.40 Å². The first-order valence-corrected chi connectivity index (χ1v) is 14.1. The molecule has 1 radical (unpaired) electrons. The molecule has 207 valence electrons. The monoisotopic (exact) mass is 732 g/mol. The molecule has 0 saturated carbocycles. The van der Waals surface area contributed by atoms with Crippen molar-refractivity contribution in [2.45, 2.75) is 40.0 Å². The van der Waals surface area contributed by atoms with Gasteiger partial charge >= 0.3 is 0 Å². The average Bonchev–Trinajstić information content (AvgIpc) is 3.54. The van der Waals surface area contributed by atoms with E-state index in [0.29, 0.717) is 0 Å². The molecule has 0 bridgehead atoms. The van der Waals surface area contributed by atoms with Gasteiger partial charge in [0.15, 0.2) is 0 Å². The van der Waals surface area contributed by atoms with E-state index in [0.717, 1.165) is 60.5 Å². The van der Waals surface area contributed by atoms with Crippen LogP contribution in [0.15, 0.2) is 89.6 Å². The SMILES string of the molecule is Cc1ccc(-c2[c-]ccc3c2oc2cc4nc(C(C)(C)C)sc4cc23)nc1.Cc1ccc(-c2[c-]cccc2)nc1.[Ir]. The second-order valence-electron chi connectivity index (χ2n) is 11.0. The smallest absolute Gasteiger partial charge is 0.123 e. The number of aryl methyl sites for hydroxylation is 2. The zero-order valence-electron chi connectivity index (χ0n) is 23.6. The number of fused-ring (bicyclic) bond motifs is 4. The quantitative estimate of drug-likeness (QED) is 0.166. The van der Waals surface area contributed by atoms with Gasteiger partial charge in [-0.15, -0.1) is 65.4 Å². The number of rotatable bonds is 2. The maximum Gasteiger partial charge on any atom is 0.123 e. The molecule has 6 heteroatoms. The van der Waals surface area contributed by atoms with Crippen LogP contribution < -0.4 is 0 Å². The Bertz CT molecular complexity index is 1930. The summed E-state index contributed by atoms with van der Waals surface area (Å²) < 4.78 is 7.46. The Labute approximate surface area is 257 Å². The molecule has 4 heterocycles. The van der Waals surface area contributed by atoms with Crippen LogP contribution in [0.25, 0.3) is 54.7 Å². The third-order valence-electron chi connectivity index (χ3n) is 6.65. The fraction of sp³-hybridized carbons (Fsp3) is 0.171. The molecule has 0 saturated heterocycles. The number of hydrogen-bond acceptors (Lipinski definition) is 5. The summed E-state index contributed by atoms with van der Waals surface area (Å²) in [5, 5.41) is 3.35. The van der Waals surface area contributed by atoms with Gasteiger partial charge in [-0.3, -0.25) is 0 Å². The van der Waals surface area contributed by atoms with Gasteiger partial charge in [0.25, 0.3) is 0 Å². The molecule has 41 heavy (non-hydrogen) atoms. The third-order valence-corrected chi connectivity index (χ3v) is 8.09. The average molecular weight is 732 g/mol. The second kappa shape index (κ2) is 11.7. The van der Waals surface area contributed by atoms with Gasteiger partial charge in [-0.1, -0.05) is 56.0 Å². The molecule has 0 spiro atoms. The van der Waals surface area contributed by atoms with Gasteiger partial charge in [0.1, 0.15) is 5.58 Å². The topological polar surface area (TPSA) is 51.8 Å². The Morgan fingerprint density at radius 1 is 0.780 bits per heavy atom. The fourth-order valence-corrected chi connectivity index (χ4v) is 5.51. The maximum atomic E-state index is 6.26. The largest absolute Gasteiger partial charge is 0.501 e. The minimum absolute atomic E-state index is 0. The summed E-state index contributed by atoms with van der Waals surface area (Å²) in [6, 6.07) is 30.7. The van der Waals surface area contributed by atoms with Gasteiger partial charge in [-0.25, -0.2) is 4.98 Å². The molecule has 0 aliphatic rings. The van der Waals surface area contributed by atoms with E-state index in [2.05, 4.69) is 73.2 Å². The predicted molar refractivity (Wildman–Crippen MR) is 166 cm³/mol. The molecule has 0 amide bonds. The van der Waals surface area contributed by atoms with Crippen LogP contribution in [0.2, 0.25) is 0 Å². The van der Waals surface area contributed by atoms with E-state index < -0.39 is 0 Å². The molecule has 7 rings (SSSR count). The van der Waals surface area contributed by atoms with Crippen LogP contribution in [-0.2, 0) is 25.5 Å². The molecule has 3 aromatic carbocycles. The number of aromatic nitrogens is 3. The molecule has 0 N–H and O–H groups in total. The fourth-order valence-electron chi connectivity index (χ4n) is 4.47. The van der Waals surface area contributed by atoms with Crippen molar-refractivity contribution in [3.05, 3.63) is 113 Å². The van der Waals surface area contributed by atoms with Crippen molar-refractivity contribution < 1.29 is 24.5 Å². The standard InChI is InChI=1S/C23H19N2OS.C12H10N.Ir/c1-13-8-9-17(24-12-13)15-7-5-6-14-16-10-20-18(11-19(16)26-21(14)15)25-22(27-20)23(2,3)4;1-10-7-8-12(13-9-10)11-5-3-2-4-6-11;/h5-6,8-12H,1-4H3;2-5,7-9H,1H3;/q2*-1;. The summed E-state index contributed by atoms with van der Waals surface area (Å²) in [6.45, 7) is 10.7. The summed E-state index contributed by atoms with van der Waals surface area (Å²) in [5.41, 5.74) is 8.84. The number of furan rings is 1. The van der Waals surface area contributed by atoms with Crippen LogP contribution in [0.3, 0.4) is 0 Å². The molecular weight excluding hydrogens is 703 g/mol. The number of nitrogens with zero attached hydrogens (tertiary/aromatic N) is 3. The minimum atomic E-state index is 0. The molecule has 4 nitrogen and oxygen atoms in total. The summed E-state index contributed by atoms with van der Waals surface area (Å²) in [6.07, 6.45) is 3.74. The molecule has 0 aliphatic carbocycles. The van der Waals surface area contributed by atoms with Crippen LogP contribution >= 0.6 is 11.3 Å². The molecule has 7 aromatic rings. The number of benzene rings is 3. The number of hydrogen-bond donors (Lipinski definition) is 0. The van der Waals surface area contributed by atoms with Gasteiger partial charge in [0, 0.05) is 49.4 Å². The van der Waals surface area contributed by atoms with Crippen LogP contribution in [0.4, 0.5) is 0 Å².